The zero-order valence-electron chi connectivity index (χ0n) is 11.3. The van der Waals surface area contributed by atoms with E-state index in [1.165, 1.54) is 0 Å². The van der Waals surface area contributed by atoms with Gasteiger partial charge in [0.2, 0.25) is 0 Å². The summed E-state index contributed by atoms with van der Waals surface area (Å²) in [5.74, 6) is 0. The number of hydrogen-bond donors (Lipinski definition) is 1. The van der Waals surface area contributed by atoms with E-state index in [-0.39, 0.29) is 6.04 Å². The van der Waals surface area contributed by atoms with Gasteiger partial charge in [-0.05, 0) is 41.5 Å². The van der Waals surface area contributed by atoms with Crippen LogP contribution in [-0.2, 0) is 4.74 Å². The van der Waals surface area contributed by atoms with Gasteiger partial charge in [0.1, 0.15) is 0 Å². The Morgan fingerprint density at radius 1 is 1.37 bits per heavy atom. The van der Waals surface area contributed by atoms with Crippen LogP contribution >= 0.6 is 15.9 Å². The Labute approximate surface area is 122 Å². The lowest BCUT2D eigenvalue weighted by Gasteiger charge is -2.17. The summed E-state index contributed by atoms with van der Waals surface area (Å²) < 4.78 is 6.65. The smallest absolute Gasteiger partial charge is 0.0746 e. The van der Waals surface area contributed by atoms with Crippen molar-refractivity contribution in [2.75, 3.05) is 20.3 Å². The van der Waals surface area contributed by atoms with Crippen LogP contribution < -0.4 is 5.32 Å². The van der Waals surface area contributed by atoms with Crippen molar-refractivity contribution in [3.63, 3.8) is 0 Å². The predicted octanol–water partition coefficient (Wildman–Crippen LogP) is 3.68. The van der Waals surface area contributed by atoms with E-state index in [4.69, 9.17) is 9.72 Å². The van der Waals surface area contributed by atoms with E-state index >= 15 is 0 Å². The molecule has 2 aromatic rings. The molecule has 4 heteroatoms. The number of nitrogens with zero attached hydrogens (tertiary/aromatic N) is 1. The Hall–Kier alpha value is -0.970. The summed E-state index contributed by atoms with van der Waals surface area (Å²) in [7, 11) is 1.93. The minimum atomic E-state index is 0.102. The Bertz CT molecular complexity index is 545. The molecule has 0 bridgehead atoms. The van der Waals surface area contributed by atoms with Gasteiger partial charge >= 0.3 is 0 Å². The first-order valence-electron chi connectivity index (χ1n) is 6.56. The number of aromatic nitrogens is 1. The van der Waals surface area contributed by atoms with Crippen molar-refractivity contribution < 1.29 is 4.74 Å². The molecule has 0 aliphatic carbocycles. The third-order valence-corrected chi connectivity index (χ3v) is 3.65. The molecule has 0 spiro atoms. The molecule has 1 heterocycles. The van der Waals surface area contributed by atoms with Gasteiger partial charge in [-0.25, -0.2) is 4.98 Å². The van der Waals surface area contributed by atoms with Crippen molar-refractivity contribution in [1.82, 2.24) is 10.3 Å². The number of likely N-dealkylation sites (N-methyl/N-ethyl adjacent to an activating group) is 1. The van der Waals surface area contributed by atoms with Crippen molar-refractivity contribution in [2.45, 2.75) is 19.4 Å². The highest BCUT2D eigenvalue weighted by molar-refractivity contribution is 9.10. The minimum Gasteiger partial charge on any atom is -0.379 e. The predicted molar refractivity (Wildman–Crippen MR) is 82.4 cm³/mol. The molecule has 0 aliphatic heterocycles. The molecule has 102 valence electrons. The summed E-state index contributed by atoms with van der Waals surface area (Å²) in [4.78, 5) is 4.74. The minimum absolute atomic E-state index is 0.102. The van der Waals surface area contributed by atoms with E-state index in [0.717, 1.165) is 34.1 Å². The lowest BCUT2D eigenvalue weighted by molar-refractivity contribution is 0.113. The van der Waals surface area contributed by atoms with Gasteiger partial charge in [0, 0.05) is 16.5 Å². The summed E-state index contributed by atoms with van der Waals surface area (Å²) in [6.07, 6.45) is 1.03. The first kappa shape index (κ1) is 14.4. The fourth-order valence-corrected chi connectivity index (χ4v) is 2.61. The molecule has 0 saturated heterocycles. The van der Waals surface area contributed by atoms with Crippen LogP contribution in [0.5, 0.6) is 0 Å². The average Bonchev–Trinajstić information content (AvgIpc) is 2.43. The van der Waals surface area contributed by atoms with E-state index in [0.29, 0.717) is 6.61 Å². The normalized spacial score (nSPS) is 12.8. The second kappa shape index (κ2) is 6.98. The van der Waals surface area contributed by atoms with Crippen molar-refractivity contribution in [2.24, 2.45) is 0 Å². The third kappa shape index (κ3) is 3.53. The molecule has 1 aromatic heterocycles. The van der Waals surface area contributed by atoms with E-state index in [1.807, 2.05) is 25.2 Å². The van der Waals surface area contributed by atoms with Crippen LogP contribution in [0.1, 0.15) is 25.1 Å². The highest BCUT2D eigenvalue weighted by Crippen LogP contribution is 2.26. The van der Waals surface area contributed by atoms with Crippen LogP contribution in [0.4, 0.5) is 0 Å². The van der Waals surface area contributed by atoms with E-state index in [9.17, 15) is 0 Å². The second-order valence-corrected chi connectivity index (χ2v) is 5.32. The number of hydrogen-bond acceptors (Lipinski definition) is 3. The molecule has 3 nitrogen and oxygen atoms in total. The zero-order valence-corrected chi connectivity index (χ0v) is 12.9. The summed E-state index contributed by atoms with van der Waals surface area (Å²) >= 11 is 3.61. The van der Waals surface area contributed by atoms with Gasteiger partial charge in [-0.3, -0.25) is 0 Å². The highest BCUT2D eigenvalue weighted by atomic mass is 79.9. The number of rotatable bonds is 6. The number of fused-ring (bicyclic) bond motifs is 1. The Morgan fingerprint density at radius 3 is 2.89 bits per heavy atom. The molecule has 1 unspecified atom stereocenters. The fourth-order valence-electron chi connectivity index (χ4n) is 1.99. The molecule has 0 radical (unpaired) electrons. The molecule has 2 rings (SSSR count). The molecule has 0 fully saturated rings. The van der Waals surface area contributed by atoms with Crippen molar-refractivity contribution >= 4 is 26.8 Å². The van der Waals surface area contributed by atoms with Gasteiger partial charge in [-0.15, -0.1) is 0 Å². The maximum Gasteiger partial charge on any atom is 0.0746 e. The highest BCUT2D eigenvalue weighted by Gasteiger charge is 2.15. The van der Waals surface area contributed by atoms with Gasteiger partial charge < -0.3 is 10.1 Å². The van der Waals surface area contributed by atoms with Crippen LogP contribution in [0.15, 0.2) is 34.8 Å². The number of para-hydroxylation sites is 1. The summed E-state index contributed by atoms with van der Waals surface area (Å²) in [5, 5.41) is 4.41. The van der Waals surface area contributed by atoms with Crippen LogP contribution in [0, 0.1) is 0 Å². The van der Waals surface area contributed by atoms with Crippen LogP contribution in [0.3, 0.4) is 0 Å². The SMILES string of the molecule is CCCOCC(NC)c1nc2ccccc2cc1Br. The van der Waals surface area contributed by atoms with E-state index < -0.39 is 0 Å². The molecule has 0 aliphatic rings. The zero-order chi connectivity index (χ0) is 13.7. The van der Waals surface area contributed by atoms with Gasteiger partial charge in [0.05, 0.1) is 23.9 Å². The number of halogens is 1. The number of nitrogens with one attached hydrogen (secondary N) is 1. The van der Waals surface area contributed by atoms with Gasteiger partial charge in [0.15, 0.2) is 0 Å². The monoisotopic (exact) mass is 322 g/mol. The maximum atomic E-state index is 5.63. The number of benzene rings is 1. The molecular formula is C15H19BrN2O. The summed E-state index contributed by atoms with van der Waals surface area (Å²) in [6.45, 7) is 3.52. The topological polar surface area (TPSA) is 34.1 Å². The first-order chi connectivity index (χ1) is 9.26. The molecule has 0 amide bonds. The van der Waals surface area contributed by atoms with Crippen LogP contribution in [-0.4, -0.2) is 25.2 Å². The molecule has 19 heavy (non-hydrogen) atoms. The van der Waals surface area contributed by atoms with Gasteiger partial charge in [-0.2, -0.15) is 0 Å². The van der Waals surface area contributed by atoms with E-state index in [1.54, 1.807) is 0 Å². The maximum absolute atomic E-state index is 5.63. The molecule has 0 saturated carbocycles. The third-order valence-electron chi connectivity index (χ3n) is 3.02. The largest absolute Gasteiger partial charge is 0.379 e. The summed E-state index contributed by atoms with van der Waals surface area (Å²) in [6, 6.07) is 10.3. The van der Waals surface area contributed by atoms with Gasteiger partial charge in [0.25, 0.3) is 0 Å². The van der Waals surface area contributed by atoms with Crippen LogP contribution in [0.25, 0.3) is 10.9 Å². The average molecular weight is 323 g/mol. The summed E-state index contributed by atoms with van der Waals surface area (Å²) in [5.41, 5.74) is 2.01. The van der Waals surface area contributed by atoms with Crippen molar-refractivity contribution in [1.29, 1.82) is 0 Å². The second-order valence-electron chi connectivity index (χ2n) is 4.46. The standard InChI is InChI=1S/C15H19BrN2O/c1-3-8-19-10-14(17-2)15-12(16)9-11-6-4-5-7-13(11)18-15/h4-7,9,14,17H,3,8,10H2,1-2H3. The van der Waals surface area contributed by atoms with Gasteiger partial charge in [-0.1, -0.05) is 25.1 Å². The Balaban J connectivity index is 2.28. The van der Waals surface area contributed by atoms with Crippen molar-refractivity contribution in [3.05, 3.63) is 40.5 Å². The lowest BCUT2D eigenvalue weighted by Crippen LogP contribution is -2.23. The molecular weight excluding hydrogens is 304 g/mol. The van der Waals surface area contributed by atoms with Crippen molar-refractivity contribution in [3.8, 4) is 0 Å². The molecule has 1 N–H and O–H groups in total. The fraction of sp³-hybridized carbons (Fsp3) is 0.400. The molecule has 1 aromatic carbocycles. The quantitative estimate of drug-likeness (QED) is 0.824. The van der Waals surface area contributed by atoms with Crippen LogP contribution in [0.2, 0.25) is 0 Å². The number of ether oxygens (including phenoxy) is 1. The van der Waals surface area contributed by atoms with E-state index in [2.05, 4.69) is 40.3 Å². The Kier molecular flexibility index (Phi) is 5.31. The first-order valence-corrected chi connectivity index (χ1v) is 7.35. The molecule has 1 atom stereocenters. The Morgan fingerprint density at radius 2 is 2.16 bits per heavy atom. The lowest BCUT2D eigenvalue weighted by atomic mass is 10.1. The number of pyridine rings is 1.